The first-order valence-electron chi connectivity index (χ1n) is 4.93. The number of hydrogen-bond acceptors (Lipinski definition) is 2. The average molecular weight is 202 g/mol. The van der Waals surface area contributed by atoms with Gasteiger partial charge in [-0.3, -0.25) is 0 Å². The summed E-state index contributed by atoms with van der Waals surface area (Å²) in [6.45, 7) is 2.29. The van der Waals surface area contributed by atoms with Crippen LogP contribution in [0.4, 0.5) is 0 Å². The van der Waals surface area contributed by atoms with Crippen LogP contribution in [-0.4, -0.2) is 33.3 Å². The Morgan fingerprint density at radius 3 is 2.38 bits per heavy atom. The van der Waals surface area contributed by atoms with Crippen LogP contribution in [0.2, 0.25) is 0 Å². The van der Waals surface area contributed by atoms with E-state index in [2.05, 4.69) is 0 Å². The fraction of sp³-hybridized carbons (Fsp3) is 0.778. The Kier molecular flexibility index (Phi) is 2.43. The van der Waals surface area contributed by atoms with E-state index in [-0.39, 0.29) is 6.04 Å². The normalized spacial score (nSPS) is 33.7. The minimum absolute atomic E-state index is 0.241. The van der Waals surface area contributed by atoms with Crippen molar-refractivity contribution in [2.45, 2.75) is 25.3 Å². The number of nitrogens with one attached hydrogen (secondary N) is 1. The molecule has 0 aliphatic carbocycles. The monoisotopic (exact) mass is 202 g/mol. The van der Waals surface area contributed by atoms with Crippen molar-refractivity contribution in [3.63, 3.8) is 0 Å². The second-order valence-corrected chi connectivity index (χ2v) is 5.91. The number of hydrogen-bond donors (Lipinski definition) is 1. The summed E-state index contributed by atoms with van der Waals surface area (Å²) in [6, 6.07) is 0.241. The number of quaternary nitrogens is 1. The van der Waals surface area contributed by atoms with Gasteiger partial charge in [0, 0.05) is 5.41 Å². The molecule has 74 valence electrons. The molecule has 2 rings (SSSR count). The second-order valence-electron chi connectivity index (χ2n) is 3.98. The first-order valence-corrected chi connectivity index (χ1v) is 6.64. The van der Waals surface area contributed by atoms with Gasteiger partial charge in [0.1, 0.15) is 11.8 Å². The molecule has 2 heterocycles. The third-order valence-electron chi connectivity index (χ3n) is 2.95. The minimum atomic E-state index is -2.85. The molecule has 13 heavy (non-hydrogen) atoms. The van der Waals surface area contributed by atoms with Crippen molar-refractivity contribution in [3.05, 3.63) is 11.5 Å². The molecule has 0 unspecified atom stereocenters. The Bertz CT molecular complexity index is 302. The van der Waals surface area contributed by atoms with Crippen LogP contribution in [-0.2, 0) is 9.84 Å². The molecule has 0 radical (unpaired) electrons. The van der Waals surface area contributed by atoms with Gasteiger partial charge in [-0.2, -0.15) is 0 Å². The maximum atomic E-state index is 11.2. The molecule has 0 aromatic rings. The summed E-state index contributed by atoms with van der Waals surface area (Å²) < 4.78 is 22.4. The highest BCUT2D eigenvalue weighted by Crippen LogP contribution is 2.07. The van der Waals surface area contributed by atoms with Gasteiger partial charge in [-0.25, -0.2) is 8.42 Å². The highest BCUT2D eigenvalue weighted by molar-refractivity contribution is 7.94. The molecule has 3 nitrogen and oxygen atoms in total. The molecule has 1 N–H and O–H groups in total. The lowest BCUT2D eigenvalue weighted by Crippen LogP contribution is -3.16. The third kappa shape index (κ3) is 2.11. The SMILES string of the molecule is O=S1(=O)C=C[C@@H]([NH+]2CCCCC2)C1. The Hall–Kier alpha value is -0.350. The van der Waals surface area contributed by atoms with Crippen molar-refractivity contribution in [3.8, 4) is 0 Å². The lowest BCUT2D eigenvalue weighted by molar-refractivity contribution is -0.920. The molecule has 1 atom stereocenters. The largest absolute Gasteiger partial charge is 0.328 e. The summed E-state index contributed by atoms with van der Waals surface area (Å²) in [6.07, 6.45) is 5.68. The average Bonchev–Trinajstić information content (AvgIpc) is 2.48. The van der Waals surface area contributed by atoms with Crippen LogP contribution in [0.5, 0.6) is 0 Å². The van der Waals surface area contributed by atoms with Crippen LogP contribution in [0, 0.1) is 0 Å². The van der Waals surface area contributed by atoms with Crippen molar-refractivity contribution in [1.82, 2.24) is 0 Å². The molecule has 0 saturated carbocycles. The Balaban J connectivity index is 1.99. The van der Waals surface area contributed by atoms with Crippen LogP contribution in [0.1, 0.15) is 19.3 Å². The van der Waals surface area contributed by atoms with Gasteiger partial charge in [-0.05, 0) is 25.3 Å². The fourth-order valence-corrected chi connectivity index (χ4v) is 3.59. The standard InChI is InChI=1S/C9H15NO2S/c11-13(12)7-4-9(8-13)10-5-2-1-3-6-10/h4,7,9H,1-3,5-6,8H2/p+1/t9-/m1/s1. The smallest absolute Gasteiger partial charge is 0.177 e. The number of likely N-dealkylation sites (tertiary alicyclic amines) is 1. The van der Waals surface area contributed by atoms with Crippen LogP contribution in [0.15, 0.2) is 11.5 Å². The molecule has 0 amide bonds. The molecular formula is C9H16NO2S+. The first kappa shape index (κ1) is 9.21. The molecule has 2 aliphatic rings. The van der Waals surface area contributed by atoms with E-state index in [4.69, 9.17) is 0 Å². The topological polar surface area (TPSA) is 38.6 Å². The summed E-state index contributed by atoms with van der Waals surface area (Å²) in [7, 11) is -2.85. The van der Waals surface area contributed by atoms with E-state index < -0.39 is 9.84 Å². The van der Waals surface area contributed by atoms with Crippen molar-refractivity contribution in [1.29, 1.82) is 0 Å². The van der Waals surface area contributed by atoms with Crippen molar-refractivity contribution in [2.75, 3.05) is 18.8 Å². The molecule has 0 spiro atoms. The van der Waals surface area contributed by atoms with Gasteiger partial charge >= 0.3 is 0 Å². The van der Waals surface area contributed by atoms with Crippen LogP contribution in [0.25, 0.3) is 0 Å². The van der Waals surface area contributed by atoms with Crippen molar-refractivity contribution >= 4 is 9.84 Å². The molecule has 0 aromatic heterocycles. The summed E-state index contributed by atoms with van der Waals surface area (Å²) in [5.41, 5.74) is 0. The summed E-state index contributed by atoms with van der Waals surface area (Å²) in [5.74, 6) is 0.336. The number of rotatable bonds is 1. The third-order valence-corrected chi connectivity index (χ3v) is 4.35. The van der Waals surface area contributed by atoms with E-state index >= 15 is 0 Å². The zero-order valence-corrected chi connectivity index (χ0v) is 8.52. The fourth-order valence-electron chi connectivity index (χ4n) is 2.21. The van der Waals surface area contributed by atoms with E-state index in [1.807, 2.05) is 6.08 Å². The van der Waals surface area contributed by atoms with Gasteiger partial charge in [0.2, 0.25) is 0 Å². The Morgan fingerprint density at radius 1 is 1.15 bits per heavy atom. The highest BCUT2D eigenvalue weighted by atomic mass is 32.2. The zero-order valence-electron chi connectivity index (χ0n) is 7.70. The van der Waals surface area contributed by atoms with Gasteiger partial charge in [-0.1, -0.05) is 0 Å². The Morgan fingerprint density at radius 2 is 1.85 bits per heavy atom. The van der Waals surface area contributed by atoms with Crippen LogP contribution >= 0.6 is 0 Å². The minimum Gasteiger partial charge on any atom is -0.328 e. The van der Waals surface area contributed by atoms with E-state index in [0.29, 0.717) is 5.75 Å². The van der Waals surface area contributed by atoms with E-state index in [9.17, 15) is 8.42 Å². The lowest BCUT2D eigenvalue weighted by atomic mass is 10.1. The zero-order chi connectivity index (χ0) is 9.31. The summed E-state index contributed by atoms with van der Waals surface area (Å²) in [5, 5.41) is 1.39. The van der Waals surface area contributed by atoms with Gasteiger partial charge in [0.15, 0.2) is 9.84 Å². The molecule has 1 fully saturated rings. The van der Waals surface area contributed by atoms with E-state index in [0.717, 1.165) is 13.1 Å². The van der Waals surface area contributed by atoms with Gasteiger partial charge < -0.3 is 4.90 Å². The molecule has 4 heteroatoms. The molecule has 2 aliphatic heterocycles. The Labute approximate surface area is 79.3 Å². The predicted molar refractivity (Wildman–Crippen MR) is 51.3 cm³/mol. The van der Waals surface area contributed by atoms with Gasteiger partial charge in [-0.15, -0.1) is 0 Å². The number of piperidine rings is 1. The van der Waals surface area contributed by atoms with E-state index in [1.54, 1.807) is 0 Å². The van der Waals surface area contributed by atoms with Crippen molar-refractivity contribution in [2.24, 2.45) is 0 Å². The van der Waals surface area contributed by atoms with Gasteiger partial charge in [0.25, 0.3) is 0 Å². The molecular weight excluding hydrogens is 186 g/mol. The quantitative estimate of drug-likeness (QED) is 0.614. The maximum Gasteiger partial charge on any atom is 0.177 e. The summed E-state index contributed by atoms with van der Waals surface area (Å²) >= 11 is 0. The predicted octanol–water partition coefficient (Wildman–Crippen LogP) is -0.634. The van der Waals surface area contributed by atoms with E-state index in [1.165, 1.54) is 29.6 Å². The van der Waals surface area contributed by atoms with Crippen LogP contribution in [0.3, 0.4) is 0 Å². The molecule has 1 saturated heterocycles. The second kappa shape index (κ2) is 3.42. The molecule has 0 bridgehead atoms. The van der Waals surface area contributed by atoms with Gasteiger partial charge in [0.05, 0.1) is 13.1 Å². The molecule has 0 aromatic carbocycles. The highest BCUT2D eigenvalue weighted by Gasteiger charge is 2.30. The number of sulfone groups is 1. The first-order chi connectivity index (χ1) is 6.17. The lowest BCUT2D eigenvalue weighted by Gasteiger charge is -2.27. The van der Waals surface area contributed by atoms with Crippen molar-refractivity contribution < 1.29 is 13.3 Å². The maximum absolute atomic E-state index is 11.2. The van der Waals surface area contributed by atoms with Crippen LogP contribution < -0.4 is 4.90 Å². The summed E-state index contributed by atoms with van der Waals surface area (Å²) in [4.78, 5) is 1.46.